The second-order valence-electron chi connectivity index (χ2n) is 5.16. The molecular weight excluding hydrogens is 426 g/mol. The lowest BCUT2D eigenvalue weighted by atomic mass is 10.1. The van der Waals surface area contributed by atoms with Crippen molar-refractivity contribution >= 4 is 56.5 Å². The predicted molar refractivity (Wildman–Crippen MR) is 103 cm³/mol. The van der Waals surface area contributed by atoms with Gasteiger partial charge in [0.15, 0.2) is 5.11 Å². The zero-order valence-corrected chi connectivity index (χ0v) is 15.7. The highest BCUT2D eigenvalue weighted by Gasteiger charge is 2.17. The summed E-state index contributed by atoms with van der Waals surface area (Å²) in [6.45, 7) is 1.75. The first-order valence-corrected chi connectivity index (χ1v) is 8.29. The molecule has 0 atom stereocenters. The Morgan fingerprint density at radius 3 is 2.54 bits per heavy atom. The number of nitrogens with zero attached hydrogens (tertiary/aromatic N) is 1. The van der Waals surface area contributed by atoms with Crippen LogP contribution in [0.3, 0.4) is 0 Å². The van der Waals surface area contributed by atoms with Gasteiger partial charge in [-0.3, -0.25) is 20.2 Å². The number of amides is 1. The van der Waals surface area contributed by atoms with Gasteiger partial charge in [0.1, 0.15) is 0 Å². The highest BCUT2D eigenvalue weighted by atomic mass is 79.9. The SMILES string of the molecule is Cc1ccc(C(=O)O)cc1NC(=S)NC(=O)c1cc([N+](=O)[O-])ccc1Br. The number of non-ortho nitro benzene ring substituents is 1. The summed E-state index contributed by atoms with van der Waals surface area (Å²) in [7, 11) is 0. The second-order valence-corrected chi connectivity index (χ2v) is 6.43. The molecule has 0 radical (unpaired) electrons. The first kappa shape index (κ1) is 19.5. The van der Waals surface area contributed by atoms with Crippen molar-refractivity contribution in [1.82, 2.24) is 5.32 Å². The standard InChI is InChI=1S/C16H12BrN3O5S/c1-8-2-3-9(15(22)23)6-13(8)18-16(26)19-14(21)11-7-10(20(24)25)4-5-12(11)17/h2-7H,1H3,(H,22,23)(H2,18,19,21,26). The van der Waals surface area contributed by atoms with E-state index in [1.807, 2.05) is 0 Å². The van der Waals surface area contributed by atoms with Crippen LogP contribution in [0.2, 0.25) is 0 Å². The third kappa shape index (κ3) is 4.61. The third-order valence-electron chi connectivity index (χ3n) is 3.37. The van der Waals surface area contributed by atoms with Crippen LogP contribution in [-0.4, -0.2) is 27.0 Å². The highest BCUT2D eigenvalue weighted by Crippen LogP contribution is 2.22. The number of benzene rings is 2. The van der Waals surface area contributed by atoms with Gasteiger partial charge in [0.05, 0.1) is 16.1 Å². The number of halogens is 1. The molecule has 8 nitrogen and oxygen atoms in total. The monoisotopic (exact) mass is 437 g/mol. The maximum Gasteiger partial charge on any atom is 0.335 e. The molecule has 0 spiro atoms. The van der Waals surface area contributed by atoms with E-state index in [2.05, 4.69) is 26.6 Å². The van der Waals surface area contributed by atoms with Crippen molar-refractivity contribution in [3.8, 4) is 0 Å². The van der Waals surface area contributed by atoms with Crippen molar-refractivity contribution in [2.24, 2.45) is 0 Å². The van der Waals surface area contributed by atoms with Gasteiger partial charge in [-0.15, -0.1) is 0 Å². The molecule has 3 N–H and O–H groups in total. The van der Waals surface area contributed by atoms with Gasteiger partial charge in [-0.25, -0.2) is 4.79 Å². The lowest BCUT2D eigenvalue weighted by molar-refractivity contribution is -0.384. The molecule has 2 aromatic rings. The van der Waals surface area contributed by atoms with Gasteiger partial charge >= 0.3 is 5.97 Å². The van der Waals surface area contributed by atoms with Crippen molar-refractivity contribution in [3.05, 3.63) is 67.7 Å². The zero-order chi connectivity index (χ0) is 19.4. The molecular formula is C16H12BrN3O5S. The molecule has 0 saturated heterocycles. The highest BCUT2D eigenvalue weighted by molar-refractivity contribution is 9.10. The number of carbonyl (C=O) groups is 2. The normalized spacial score (nSPS) is 10.1. The van der Waals surface area contributed by atoms with E-state index in [0.29, 0.717) is 10.2 Å². The molecule has 1 amide bonds. The number of nitro groups is 1. The molecule has 0 saturated carbocycles. The zero-order valence-electron chi connectivity index (χ0n) is 13.3. The molecule has 0 aromatic heterocycles. The lowest BCUT2D eigenvalue weighted by Crippen LogP contribution is -2.34. The number of aryl methyl sites for hydroxylation is 1. The summed E-state index contributed by atoms with van der Waals surface area (Å²) in [6.07, 6.45) is 0. The summed E-state index contributed by atoms with van der Waals surface area (Å²) in [5.41, 5.74) is 1.02. The van der Waals surface area contributed by atoms with Gasteiger partial charge < -0.3 is 10.4 Å². The van der Waals surface area contributed by atoms with Crippen LogP contribution in [0.1, 0.15) is 26.3 Å². The van der Waals surface area contributed by atoms with Crippen molar-refractivity contribution in [2.75, 3.05) is 5.32 Å². The van der Waals surface area contributed by atoms with Gasteiger partial charge in [-0.05, 0) is 58.8 Å². The minimum atomic E-state index is -1.09. The molecule has 2 aromatic carbocycles. The van der Waals surface area contributed by atoms with Gasteiger partial charge in [0, 0.05) is 22.3 Å². The van der Waals surface area contributed by atoms with Crippen LogP contribution in [0.4, 0.5) is 11.4 Å². The largest absolute Gasteiger partial charge is 0.478 e. The van der Waals surface area contributed by atoms with Gasteiger partial charge in [-0.1, -0.05) is 6.07 Å². The number of hydrogen-bond donors (Lipinski definition) is 3. The number of aromatic carboxylic acids is 1. The number of hydrogen-bond acceptors (Lipinski definition) is 5. The van der Waals surface area contributed by atoms with E-state index < -0.39 is 16.8 Å². The number of carbonyl (C=O) groups excluding carboxylic acids is 1. The van der Waals surface area contributed by atoms with Crippen molar-refractivity contribution < 1.29 is 19.6 Å². The Bertz CT molecular complexity index is 932. The smallest absolute Gasteiger partial charge is 0.335 e. The first-order chi connectivity index (χ1) is 12.2. The number of nitro benzene ring substituents is 1. The van der Waals surface area contributed by atoms with Crippen LogP contribution < -0.4 is 10.6 Å². The molecule has 0 aliphatic rings. The molecule has 134 valence electrons. The summed E-state index contributed by atoms with van der Waals surface area (Å²) in [5, 5.41) is 25.0. The number of anilines is 1. The van der Waals surface area contributed by atoms with Crippen molar-refractivity contribution in [1.29, 1.82) is 0 Å². The Morgan fingerprint density at radius 1 is 1.23 bits per heavy atom. The third-order valence-corrected chi connectivity index (χ3v) is 4.26. The van der Waals surface area contributed by atoms with Gasteiger partial charge in [0.25, 0.3) is 11.6 Å². The molecule has 2 rings (SSSR count). The molecule has 0 unspecified atom stereocenters. The van der Waals surface area contributed by atoms with Crippen molar-refractivity contribution in [3.63, 3.8) is 0 Å². The van der Waals surface area contributed by atoms with Gasteiger partial charge in [-0.2, -0.15) is 0 Å². The molecule has 0 aliphatic heterocycles. The number of nitrogens with one attached hydrogen (secondary N) is 2. The molecule has 0 fully saturated rings. The Labute approximate surface area is 161 Å². The van der Waals surface area contributed by atoms with E-state index in [9.17, 15) is 19.7 Å². The van der Waals surface area contributed by atoms with E-state index in [1.54, 1.807) is 13.0 Å². The Kier molecular flexibility index (Phi) is 6.01. The van der Waals surface area contributed by atoms with Crippen LogP contribution >= 0.6 is 28.1 Å². The molecule has 0 bridgehead atoms. The second kappa shape index (κ2) is 8.02. The Balaban J connectivity index is 2.17. The molecule has 0 aliphatic carbocycles. The molecule has 26 heavy (non-hydrogen) atoms. The fourth-order valence-electron chi connectivity index (χ4n) is 2.01. The summed E-state index contributed by atoms with van der Waals surface area (Å²) in [4.78, 5) is 33.6. The Hall–Kier alpha value is -2.85. The number of carboxylic acid groups (broad SMARTS) is 1. The average molecular weight is 438 g/mol. The molecule has 0 heterocycles. The Morgan fingerprint density at radius 2 is 1.92 bits per heavy atom. The van der Waals surface area contributed by atoms with E-state index >= 15 is 0 Å². The van der Waals surface area contributed by atoms with E-state index in [0.717, 1.165) is 11.6 Å². The predicted octanol–water partition coefficient (Wildman–Crippen LogP) is 3.49. The van der Waals surface area contributed by atoms with Gasteiger partial charge in [0.2, 0.25) is 0 Å². The minimum absolute atomic E-state index is 0.0411. The summed E-state index contributed by atoms with van der Waals surface area (Å²) in [6, 6.07) is 8.22. The number of carboxylic acids is 1. The summed E-state index contributed by atoms with van der Waals surface area (Å²) in [5.74, 6) is -1.74. The van der Waals surface area contributed by atoms with Crippen LogP contribution in [0.5, 0.6) is 0 Å². The van der Waals surface area contributed by atoms with Crippen LogP contribution in [0.15, 0.2) is 40.9 Å². The topological polar surface area (TPSA) is 122 Å². The maximum atomic E-state index is 12.3. The minimum Gasteiger partial charge on any atom is -0.478 e. The quantitative estimate of drug-likeness (QED) is 0.380. The number of thiocarbonyl (C=S) groups is 1. The average Bonchev–Trinajstić information content (AvgIpc) is 2.56. The van der Waals surface area contributed by atoms with Crippen LogP contribution in [-0.2, 0) is 0 Å². The fourth-order valence-corrected chi connectivity index (χ4v) is 2.64. The summed E-state index contributed by atoms with van der Waals surface area (Å²) < 4.78 is 0.368. The maximum absolute atomic E-state index is 12.3. The van der Waals surface area contributed by atoms with Crippen LogP contribution in [0, 0.1) is 17.0 Å². The van der Waals surface area contributed by atoms with Crippen molar-refractivity contribution in [2.45, 2.75) is 6.92 Å². The van der Waals surface area contributed by atoms with E-state index in [1.165, 1.54) is 24.3 Å². The van der Waals surface area contributed by atoms with E-state index in [-0.39, 0.29) is 21.9 Å². The fraction of sp³-hybridized carbons (Fsp3) is 0.0625. The summed E-state index contributed by atoms with van der Waals surface area (Å²) >= 11 is 8.23. The van der Waals surface area contributed by atoms with Crippen LogP contribution in [0.25, 0.3) is 0 Å². The lowest BCUT2D eigenvalue weighted by Gasteiger charge is -2.13. The van der Waals surface area contributed by atoms with E-state index in [4.69, 9.17) is 17.3 Å². The number of rotatable bonds is 4. The molecule has 10 heteroatoms. The first-order valence-electron chi connectivity index (χ1n) is 7.09.